The van der Waals surface area contributed by atoms with Crippen LogP contribution in [0.1, 0.15) is 31.4 Å². The second-order valence-electron chi connectivity index (χ2n) is 5.50. The first-order valence-electron chi connectivity index (χ1n) is 7.07. The average molecular weight is 262 g/mol. The molecule has 1 aromatic rings. The first kappa shape index (κ1) is 12.8. The summed E-state index contributed by atoms with van der Waals surface area (Å²) in [6, 6.07) is 7.34. The quantitative estimate of drug-likeness (QED) is 0.852. The molecule has 0 aromatic heterocycles. The van der Waals surface area contributed by atoms with Crippen molar-refractivity contribution in [3.05, 3.63) is 23.8 Å². The van der Waals surface area contributed by atoms with E-state index in [0.29, 0.717) is 12.8 Å². The van der Waals surface area contributed by atoms with E-state index in [1.807, 2.05) is 6.07 Å². The number of hydrogen-bond acceptors (Lipinski definition) is 4. The van der Waals surface area contributed by atoms with Crippen LogP contribution in [-0.4, -0.2) is 37.9 Å². The van der Waals surface area contributed by atoms with Crippen molar-refractivity contribution >= 4 is 0 Å². The van der Waals surface area contributed by atoms with E-state index in [-0.39, 0.29) is 0 Å². The van der Waals surface area contributed by atoms with Crippen molar-refractivity contribution in [1.29, 1.82) is 0 Å². The molecule has 1 saturated carbocycles. The molecule has 104 valence electrons. The fraction of sp³-hybridized carbons (Fsp3) is 0.600. The molecule has 1 atom stereocenters. The van der Waals surface area contributed by atoms with Gasteiger partial charge in [-0.25, -0.2) is 0 Å². The van der Waals surface area contributed by atoms with Gasteiger partial charge < -0.3 is 19.7 Å². The molecule has 1 fully saturated rings. The van der Waals surface area contributed by atoms with E-state index < -0.39 is 0 Å². The molecular weight excluding hydrogens is 240 g/mol. The lowest BCUT2D eigenvalue weighted by Gasteiger charge is -2.19. The summed E-state index contributed by atoms with van der Waals surface area (Å²) in [6.45, 7) is 4.66. The standard InChI is InChI=1S/C15H22N2O2/c1-11(16-7-8-17(2)13-4-5-13)12-3-6-14-15(9-12)19-10-18-14/h3,6,9,11,13,16H,4-5,7-8,10H2,1-2H3. The van der Waals surface area contributed by atoms with E-state index in [2.05, 4.69) is 36.3 Å². The molecule has 1 aliphatic heterocycles. The van der Waals surface area contributed by atoms with Crippen molar-refractivity contribution in [2.24, 2.45) is 0 Å². The zero-order chi connectivity index (χ0) is 13.2. The number of rotatable bonds is 6. The highest BCUT2D eigenvalue weighted by Gasteiger charge is 2.25. The molecule has 0 amide bonds. The van der Waals surface area contributed by atoms with E-state index >= 15 is 0 Å². The maximum absolute atomic E-state index is 5.41. The molecule has 3 rings (SSSR count). The number of fused-ring (bicyclic) bond motifs is 1. The molecule has 2 aliphatic rings. The SMILES string of the molecule is CC(NCCN(C)C1CC1)c1ccc2c(c1)OCO2. The predicted octanol–water partition coefficient (Wildman–Crippen LogP) is 2.16. The Hall–Kier alpha value is -1.26. The van der Waals surface area contributed by atoms with Gasteiger partial charge in [-0.3, -0.25) is 0 Å². The third-order valence-electron chi connectivity index (χ3n) is 3.98. The number of ether oxygens (including phenoxy) is 2. The van der Waals surface area contributed by atoms with Crippen molar-refractivity contribution < 1.29 is 9.47 Å². The Morgan fingerprint density at radius 2 is 2.11 bits per heavy atom. The summed E-state index contributed by atoms with van der Waals surface area (Å²) < 4.78 is 10.7. The summed E-state index contributed by atoms with van der Waals surface area (Å²) in [6.07, 6.45) is 2.74. The van der Waals surface area contributed by atoms with Crippen LogP contribution >= 0.6 is 0 Å². The van der Waals surface area contributed by atoms with Crippen LogP contribution in [0.15, 0.2) is 18.2 Å². The summed E-state index contributed by atoms with van der Waals surface area (Å²) >= 11 is 0. The van der Waals surface area contributed by atoms with Crippen LogP contribution in [-0.2, 0) is 0 Å². The molecule has 1 N–H and O–H groups in total. The van der Waals surface area contributed by atoms with Crippen LogP contribution in [0.3, 0.4) is 0 Å². The molecule has 1 aliphatic carbocycles. The highest BCUT2D eigenvalue weighted by molar-refractivity contribution is 5.45. The monoisotopic (exact) mass is 262 g/mol. The van der Waals surface area contributed by atoms with Gasteiger partial charge in [0.2, 0.25) is 6.79 Å². The maximum Gasteiger partial charge on any atom is 0.231 e. The predicted molar refractivity (Wildman–Crippen MR) is 74.6 cm³/mol. The van der Waals surface area contributed by atoms with Crippen LogP contribution in [0.5, 0.6) is 11.5 Å². The molecule has 0 radical (unpaired) electrons. The summed E-state index contributed by atoms with van der Waals surface area (Å²) in [4.78, 5) is 2.44. The molecule has 1 aromatic carbocycles. The van der Waals surface area contributed by atoms with Crippen LogP contribution in [0.2, 0.25) is 0 Å². The molecule has 1 unspecified atom stereocenters. The Morgan fingerprint density at radius 1 is 1.32 bits per heavy atom. The minimum atomic E-state index is 0.335. The zero-order valence-electron chi connectivity index (χ0n) is 11.7. The third kappa shape index (κ3) is 3.01. The summed E-state index contributed by atoms with van der Waals surface area (Å²) in [5, 5.41) is 3.57. The maximum atomic E-state index is 5.41. The van der Waals surface area contributed by atoms with Crippen molar-refractivity contribution in [3.63, 3.8) is 0 Å². The topological polar surface area (TPSA) is 33.7 Å². The van der Waals surface area contributed by atoms with Gasteiger partial charge in [-0.05, 0) is 44.5 Å². The van der Waals surface area contributed by atoms with Crippen LogP contribution < -0.4 is 14.8 Å². The van der Waals surface area contributed by atoms with Gasteiger partial charge in [-0.2, -0.15) is 0 Å². The van der Waals surface area contributed by atoms with Gasteiger partial charge in [0.05, 0.1) is 0 Å². The average Bonchev–Trinajstić information content (AvgIpc) is 3.16. The normalized spacial score (nSPS) is 18.9. The van der Waals surface area contributed by atoms with E-state index in [0.717, 1.165) is 30.6 Å². The first-order valence-corrected chi connectivity index (χ1v) is 7.07. The van der Waals surface area contributed by atoms with E-state index in [1.165, 1.54) is 18.4 Å². The van der Waals surface area contributed by atoms with Crippen molar-refractivity contribution in [3.8, 4) is 11.5 Å². The van der Waals surface area contributed by atoms with E-state index in [1.54, 1.807) is 0 Å². The van der Waals surface area contributed by atoms with E-state index in [9.17, 15) is 0 Å². The third-order valence-corrected chi connectivity index (χ3v) is 3.98. The summed E-state index contributed by atoms with van der Waals surface area (Å²) in [7, 11) is 2.21. The second kappa shape index (κ2) is 5.39. The fourth-order valence-electron chi connectivity index (χ4n) is 2.46. The largest absolute Gasteiger partial charge is 0.454 e. The molecule has 19 heavy (non-hydrogen) atoms. The Balaban J connectivity index is 1.50. The van der Waals surface area contributed by atoms with Crippen LogP contribution in [0, 0.1) is 0 Å². The molecule has 0 spiro atoms. The molecular formula is C15H22N2O2. The minimum Gasteiger partial charge on any atom is -0.454 e. The molecule has 0 saturated heterocycles. The number of nitrogens with zero attached hydrogens (tertiary/aromatic N) is 1. The highest BCUT2D eigenvalue weighted by Crippen LogP contribution is 2.34. The second-order valence-corrected chi connectivity index (χ2v) is 5.50. The first-order chi connectivity index (χ1) is 9.24. The number of likely N-dealkylation sites (N-methyl/N-ethyl adjacent to an activating group) is 1. The summed E-state index contributed by atoms with van der Waals surface area (Å²) in [5.74, 6) is 1.71. The molecule has 1 heterocycles. The molecule has 4 nitrogen and oxygen atoms in total. The van der Waals surface area contributed by atoms with Gasteiger partial charge >= 0.3 is 0 Å². The molecule has 4 heteroatoms. The van der Waals surface area contributed by atoms with Gasteiger partial charge in [-0.1, -0.05) is 6.07 Å². The van der Waals surface area contributed by atoms with Gasteiger partial charge in [0.25, 0.3) is 0 Å². The lowest BCUT2D eigenvalue weighted by molar-refractivity contribution is 0.174. The van der Waals surface area contributed by atoms with Crippen molar-refractivity contribution in [1.82, 2.24) is 10.2 Å². The zero-order valence-corrected chi connectivity index (χ0v) is 11.7. The smallest absolute Gasteiger partial charge is 0.231 e. The van der Waals surface area contributed by atoms with Crippen molar-refractivity contribution in [2.45, 2.75) is 31.8 Å². The van der Waals surface area contributed by atoms with Gasteiger partial charge in [0, 0.05) is 25.2 Å². The Kier molecular flexibility index (Phi) is 3.62. The Bertz CT molecular complexity index is 446. The van der Waals surface area contributed by atoms with Gasteiger partial charge in [0.15, 0.2) is 11.5 Å². The molecule has 0 bridgehead atoms. The number of benzene rings is 1. The summed E-state index contributed by atoms with van der Waals surface area (Å²) in [5.41, 5.74) is 1.25. The Labute approximate surface area is 114 Å². The van der Waals surface area contributed by atoms with Crippen LogP contribution in [0.4, 0.5) is 0 Å². The highest BCUT2D eigenvalue weighted by atomic mass is 16.7. The lowest BCUT2D eigenvalue weighted by atomic mass is 10.1. The van der Waals surface area contributed by atoms with E-state index in [4.69, 9.17) is 9.47 Å². The van der Waals surface area contributed by atoms with Crippen LogP contribution in [0.25, 0.3) is 0 Å². The van der Waals surface area contributed by atoms with Gasteiger partial charge in [-0.15, -0.1) is 0 Å². The van der Waals surface area contributed by atoms with Gasteiger partial charge in [0.1, 0.15) is 0 Å². The fourth-order valence-corrected chi connectivity index (χ4v) is 2.46. The number of nitrogens with one attached hydrogen (secondary N) is 1. The number of hydrogen-bond donors (Lipinski definition) is 1. The van der Waals surface area contributed by atoms with Crippen molar-refractivity contribution in [2.75, 3.05) is 26.9 Å². The minimum absolute atomic E-state index is 0.335. The Morgan fingerprint density at radius 3 is 2.89 bits per heavy atom. The lowest BCUT2D eigenvalue weighted by Crippen LogP contribution is -2.31.